The fourth-order valence-corrected chi connectivity index (χ4v) is 3.30. The molecule has 0 spiro atoms. The van der Waals surface area contributed by atoms with E-state index in [0.29, 0.717) is 6.04 Å². The number of likely N-dealkylation sites (tertiary alicyclic amines) is 1. The van der Waals surface area contributed by atoms with E-state index in [1.165, 1.54) is 37.1 Å². The van der Waals surface area contributed by atoms with Crippen LogP contribution in [0.2, 0.25) is 0 Å². The second-order valence-electron chi connectivity index (χ2n) is 6.68. The lowest BCUT2D eigenvalue weighted by atomic mass is 10.1. The SMILES string of the molecule is CCCCc1ncc(CN2CCC[C@H](Nc3ccc(F)cc3)C2)[nH]1. The molecule has 2 N–H and O–H groups in total. The van der Waals surface area contributed by atoms with Gasteiger partial charge >= 0.3 is 0 Å². The van der Waals surface area contributed by atoms with Crippen LogP contribution in [0.25, 0.3) is 0 Å². The Morgan fingerprint density at radius 2 is 2.17 bits per heavy atom. The van der Waals surface area contributed by atoms with Crippen LogP contribution in [-0.2, 0) is 13.0 Å². The number of benzene rings is 1. The Morgan fingerprint density at radius 3 is 2.96 bits per heavy atom. The molecule has 0 amide bonds. The number of hydrogen-bond donors (Lipinski definition) is 2. The van der Waals surface area contributed by atoms with E-state index in [9.17, 15) is 4.39 Å². The topological polar surface area (TPSA) is 44.0 Å². The smallest absolute Gasteiger partial charge is 0.123 e. The van der Waals surface area contributed by atoms with Crippen molar-refractivity contribution in [1.82, 2.24) is 14.9 Å². The number of aromatic amines is 1. The first-order valence-corrected chi connectivity index (χ1v) is 9.00. The minimum Gasteiger partial charge on any atom is -0.381 e. The van der Waals surface area contributed by atoms with E-state index < -0.39 is 0 Å². The molecule has 0 unspecified atom stereocenters. The van der Waals surface area contributed by atoms with Crippen molar-refractivity contribution in [3.63, 3.8) is 0 Å². The Labute approximate surface area is 143 Å². The van der Waals surface area contributed by atoms with Gasteiger partial charge in [-0.2, -0.15) is 0 Å². The molecule has 0 aliphatic carbocycles. The van der Waals surface area contributed by atoms with E-state index in [-0.39, 0.29) is 5.82 Å². The van der Waals surface area contributed by atoms with Crippen LogP contribution in [-0.4, -0.2) is 34.0 Å². The fraction of sp³-hybridized carbons (Fsp3) is 0.526. The van der Waals surface area contributed by atoms with Gasteiger partial charge in [0.15, 0.2) is 0 Å². The summed E-state index contributed by atoms with van der Waals surface area (Å²) < 4.78 is 13.0. The number of nitrogens with one attached hydrogen (secondary N) is 2. The van der Waals surface area contributed by atoms with Gasteiger partial charge in [-0.15, -0.1) is 0 Å². The van der Waals surface area contributed by atoms with Crippen molar-refractivity contribution >= 4 is 5.69 Å². The Bertz CT molecular complexity index is 623. The third kappa shape index (κ3) is 4.81. The first kappa shape index (κ1) is 17.0. The molecule has 3 rings (SSSR count). The van der Waals surface area contributed by atoms with Crippen molar-refractivity contribution in [3.8, 4) is 0 Å². The maximum absolute atomic E-state index is 13.0. The van der Waals surface area contributed by atoms with E-state index >= 15 is 0 Å². The molecule has 1 aliphatic heterocycles. The summed E-state index contributed by atoms with van der Waals surface area (Å²) in [5.41, 5.74) is 2.19. The number of unbranched alkanes of at least 4 members (excludes halogenated alkanes) is 1. The number of anilines is 1. The van der Waals surface area contributed by atoms with Gasteiger partial charge in [-0.3, -0.25) is 4.90 Å². The summed E-state index contributed by atoms with van der Waals surface area (Å²) >= 11 is 0. The molecule has 130 valence electrons. The van der Waals surface area contributed by atoms with Gasteiger partial charge in [0.1, 0.15) is 11.6 Å². The molecule has 5 heteroatoms. The lowest BCUT2D eigenvalue weighted by molar-refractivity contribution is 0.206. The predicted octanol–water partition coefficient (Wildman–Crippen LogP) is 3.97. The molecule has 2 aromatic rings. The van der Waals surface area contributed by atoms with Crippen LogP contribution in [0.4, 0.5) is 10.1 Å². The number of piperidine rings is 1. The molecule has 1 aromatic carbocycles. The third-order valence-corrected chi connectivity index (χ3v) is 4.56. The summed E-state index contributed by atoms with van der Waals surface area (Å²) in [6.07, 6.45) is 7.71. The number of hydrogen-bond acceptors (Lipinski definition) is 3. The zero-order chi connectivity index (χ0) is 16.8. The Hall–Kier alpha value is -1.88. The highest BCUT2D eigenvalue weighted by Gasteiger charge is 2.20. The quantitative estimate of drug-likeness (QED) is 0.807. The van der Waals surface area contributed by atoms with Gasteiger partial charge in [0.25, 0.3) is 0 Å². The molecule has 2 heterocycles. The summed E-state index contributed by atoms with van der Waals surface area (Å²) in [6, 6.07) is 7.04. The van der Waals surface area contributed by atoms with Crippen molar-refractivity contribution in [2.75, 3.05) is 18.4 Å². The number of nitrogens with zero attached hydrogens (tertiary/aromatic N) is 2. The average molecular weight is 330 g/mol. The van der Waals surface area contributed by atoms with Crippen molar-refractivity contribution in [3.05, 3.63) is 47.8 Å². The fourth-order valence-electron chi connectivity index (χ4n) is 3.30. The molecular formula is C19H27FN4. The molecule has 0 bridgehead atoms. The number of aromatic nitrogens is 2. The standard InChI is InChI=1S/C19H27FN4/c1-2-3-6-19-21-12-18(23-19)14-24-11-4-5-17(13-24)22-16-9-7-15(20)8-10-16/h7-10,12,17,22H,2-6,11,13-14H2,1H3,(H,21,23)/t17-/m0/s1. The maximum atomic E-state index is 13.0. The summed E-state index contributed by atoms with van der Waals surface area (Å²) in [5, 5.41) is 3.52. The minimum absolute atomic E-state index is 0.191. The first-order chi connectivity index (χ1) is 11.7. The summed E-state index contributed by atoms with van der Waals surface area (Å²) in [4.78, 5) is 10.4. The molecule has 1 aromatic heterocycles. The Balaban J connectivity index is 1.51. The van der Waals surface area contributed by atoms with Crippen LogP contribution < -0.4 is 5.32 Å². The second-order valence-corrected chi connectivity index (χ2v) is 6.68. The molecule has 1 aliphatic rings. The van der Waals surface area contributed by atoms with Gasteiger partial charge < -0.3 is 10.3 Å². The number of halogens is 1. The molecule has 24 heavy (non-hydrogen) atoms. The van der Waals surface area contributed by atoms with Gasteiger partial charge in [-0.1, -0.05) is 13.3 Å². The van der Waals surface area contributed by atoms with Crippen molar-refractivity contribution < 1.29 is 4.39 Å². The van der Waals surface area contributed by atoms with Crippen molar-refractivity contribution in [2.24, 2.45) is 0 Å². The predicted molar refractivity (Wildman–Crippen MR) is 95.5 cm³/mol. The van der Waals surface area contributed by atoms with Crippen LogP contribution in [0.15, 0.2) is 30.5 Å². The van der Waals surface area contributed by atoms with Gasteiger partial charge in [0.05, 0.1) is 0 Å². The Morgan fingerprint density at radius 1 is 1.33 bits per heavy atom. The molecule has 1 fully saturated rings. The van der Waals surface area contributed by atoms with Crippen LogP contribution in [0, 0.1) is 5.82 Å². The summed E-state index contributed by atoms with van der Waals surface area (Å²) in [7, 11) is 0. The zero-order valence-electron chi connectivity index (χ0n) is 14.4. The van der Waals surface area contributed by atoms with Gasteiger partial charge in [0.2, 0.25) is 0 Å². The van der Waals surface area contributed by atoms with E-state index in [1.807, 2.05) is 18.3 Å². The van der Waals surface area contributed by atoms with Crippen LogP contribution >= 0.6 is 0 Å². The van der Waals surface area contributed by atoms with E-state index in [4.69, 9.17) is 0 Å². The van der Waals surface area contributed by atoms with Crippen LogP contribution in [0.5, 0.6) is 0 Å². The van der Waals surface area contributed by atoms with Gasteiger partial charge in [-0.05, 0) is 50.1 Å². The number of H-pyrrole nitrogens is 1. The first-order valence-electron chi connectivity index (χ1n) is 9.00. The number of rotatable bonds is 7. The van der Waals surface area contributed by atoms with Crippen LogP contribution in [0.3, 0.4) is 0 Å². The summed E-state index contributed by atoms with van der Waals surface area (Å²) in [5.74, 6) is 0.911. The maximum Gasteiger partial charge on any atom is 0.123 e. The molecule has 4 nitrogen and oxygen atoms in total. The van der Waals surface area contributed by atoms with E-state index in [1.54, 1.807) is 0 Å². The second kappa shape index (κ2) is 8.29. The number of imidazole rings is 1. The molecule has 1 saturated heterocycles. The van der Waals surface area contributed by atoms with Gasteiger partial charge in [0, 0.05) is 43.1 Å². The summed E-state index contributed by atoms with van der Waals surface area (Å²) in [6.45, 7) is 5.23. The zero-order valence-corrected chi connectivity index (χ0v) is 14.4. The van der Waals surface area contributed by atoms with Crippen molar-refractivity contribution in [1.29, 1.82) is 0 Å². The monoisotopic (exact) mass is 330 g/mol. The highest BCUT2D eigenvalue weighted by atomic mass is 19.1. The Kier molecular flexibility index (Phi) is 5.86. The largest absolute Gasteiger partial charge is 0.381 e. The highest BCUT2D eigenvalue weighted by Crippen LogP contribution is 2.18. The van der Waals surface area contributed by atoms with Crippen molar-refractivity contribution in [2.45, 2.75) is 51.6 Å². The normalized spacial score (nSPS) is 18.7. The lowest BCUT2D eigenvalue weighted by Crippen LogP contribution is -2.41. The molecule has 0 radical (unpaired) electrons. The van der Waals surface area contributed by atoms with E-state index in [0.717, 1.165) is 44.0 Å². The third-order valence-electron chi connectivity index (χ3n) is 4.56. The minimum atomic E-state index is -0.191. The van der Waals surface area contributed by atoms with Gasteiger partial charge in [-0.25, -0.2) is 9.37 Å². The van der Waals surface area contributed by atoms with Crippen LogP contribution in [0.1, 0.15) is 44.1 Å². The highest BCUT2D eigenvalue weighted by molar-refractivity contribution is 5.43. The average Bonchev–Trinajstić information content (AvgIpc) is 3.03. The molecular weight excluding hydrogens is 303 g/mol. The van der Waals surface area contributed by atoms with E-state index in [2.05, 4.69) is 27.1 Å². The molecule has 0 saturated carbocycles. The molecule has 1 atom stereocenters. The lowest BCUT2D eigenvalue weighted by Gasteiger charge is -2.33. The number of aryl methyl sites for hydroxylation is 1.